The predicted octanol–water partition coefficient (Wildman–Crippen LogP) is 2.88. The minimum Gasteiger partial charge on any atom is -0.492 e. The van der Waals surface area contributed by atoms with E-state index in [1.165, 1.54) is 0 Å². The number of benzene rings is 2. The molecule has 3 aromatic rings. The highest BCUT2D eigenvalue weighted by Crippen LogP contribution is 2.28. The smallest absolute Gasteiger partial charge is 0.275 e. The van der Waals surface area contributed by atoms with Crippen molar-refractivity contribution in [3.05, 3.63) is 64.6 Å². The van der Waals surface area contributed by atoms with Crippen molar-refractivity contribution >= 4 is 16.5 Å². The van der Waals surface area contributed by atoms with E-state index in [0.717, 1.165) is 54.1 Å². The Kier molecular flexibility index (Phi) is 5.30. The van der Waals surface area contributed by atoms with Crippen LogP contribution in [-0.4, -0.2) is 47.5 Å². The third-order valence-corrected chi connectivity index (χ3v) is 5.26. The Labute approximate surface area is 164 Å². The van der Waals surface area contributed by atoms with E-state index in [0.29, 0.717) is 13.3 Å². The van der Waals surface area contributed by atoms with E-state index in [1.54, 1.807) is 4.68 Å². The molecule has 0 amide bonds. The molecule has 0 atom stereocenters. The lowest BCUT2D eigenvalue weighted by molar-refractivity contribution is 0.191. The molecule has 0 saturated carbocycles. The van der Waals surface area contributed by atoms with Crippen molar-refractivity contribution < 1.29 is 4.74 Å². The maximum absolute atomic E-state index is 12.8. The van der Waals surface area contributed by atoms with Crippen molar-refractivity contribution in [2.45, 2.75) is 20.5 Å². The van der Waals surface area contributed by atoms with Crippen molar-refractivity contribution in [2.24, 2.45) is 0 Å². The highest BCUT2D eigenvalue weighted by atomic mass is 16.5. The van der Waals surface area contributed by atoms with Crippen LogP contribution in [0.1, 0.15) is 12.6 Å². The van der Waals surface area contributed by atoms with Gasteiger partial charge in [0, 0.05) is 31.6 Å². The molecule has 146 valence electrons. The minimum absolute atomic E-state index is 0.0229. The van der Waals surface area contributed by atoms with Gasteiger partial charge < -0.3 is 9.64 Å². The zero-order valence-electron chi connectivity index (χ0n) is 16.5. The molecule has 1 fully saturated rings. The summed E-state index contributed by atoms with van der Waals surface area (Å²) < 4.78 is 7.37. The van der Waals surface area contributed by atoms with E-state index in [1.807, 2.05) is 56.3 Å². The monoisotopic (exact) mass is 378 g/mol. The summed E-state index contributed by atoms with van der Waals surface area (Å²) in [4.78, 5) is 17.4. The lowest BCUT2D eigenvalue weighted by Gasteiger charge is -2.36. The van der Waals surface area contributed by atoms with Crippen LogP contribution >= 0.6 is 0 Å². The molecule has 0 radical (unpaired) electrons. The van der Waals surface area contributed by atoms with Crippen LogP contribution in [0.5, 0.6) is 5.75 Å². The largest absolute Gasteiger partial charge is 0.492 e. The standard InChI is InChI=1S/C22H26N4O2/c1-3-28-21-11-7-6-10-20(21)25-14-12-24(13-15-25)16-26-22(27)19-9-5-4-8-18(19)17(2)23-26/h4-11H,3,12-16H2,1-2H3. The average molecular weight is 378 g/mol. The molecule has 2 aromatic carbocycles. The first-order valence-electron chi connectivity index (χ1n) is 9.83. The molecule has 0 bridgehead atoms. The van der Waals surface area contributed by atoms with Gasteiger partial charge in [-0.15, -0.1) is 0 Å². The molecule has 1 aliphatic rings. The molecule has 28 heavy (non-hydrogen) atoms. The zero-order chi connectivity index (χ0) is 19.5. The Bertz CT molecular complexity index is 1020. The van der Waals surface area contributed by atoms with E-state index in [4.69, 9.17) is 4.74 Å². The first kappa shape index (κ1) is 18.5. The van der Waals surface area contributed by atoms with Gasteiger partial charge in [0.2, 0.25) is 0 Å². The summed E-state index contributed by atoms with van der Waals surface area (Å²) >= 11 is 0. The highest BCUT2D eigenvalue weighted by Gasteiger charge is 2.20. The van der Waals surface area contributed by atoms with E-state index < -0.39 is 0 Å². The molecule has 6 heteroatoms. The van der Waals surface area contributed by atoms with Gasteiger partial charge in [-0.25, -0.2) is 4.68 Å². The number of hydrogen-bond acceptors (Lipinski definition) is 5. The zero-order valence-corrected chi connectivity index (χ0v) is 16.5. The van der Waals surface area contributed by atoms with Gasteiger partial charge in [0.05, 0.1) is 30.0 Å². The van der Waals surface area contributed by atoms with Crippen LogP contribution in [0.2, 0.25) is 0 Å². The SMILES string of the molecule is CCOc1ccccc1N1CCN(Cn2nc(C)c3ccccc3c2=O)CC1. The van der Waals surface area contributed by atoms with Crippen molar-refractivity contribution in [1.29, 1.82) is 0 Å². The number of rotatable bonds is 5. The van der Waals surface area contributed by atoms with Crippen LogP contribution in [0.3, 0.4) is 0 Å². The first-order chi connectivity index (χ1) is 13.7. The minimum atomic E-state index is -0.0229. The number of aryl methyl sites for hydroxylation is 1. The fourth-order valence-electron chi connectivity index (χ4n) is 3.82. The van der Waals surface area contributed by atoms with Crippen molar-refractivity contribution in [3.8, 4) is 5.75 Å². The van der Waals surface area contributed by atoms with Gasteiger partial charge in [-0.1, -0.05) is 30.3 Å². The molecule has 1 aliphatic heterocycles. The van der Waals surface area contributed by atoms with Crippen LogP contribution in [0.4, 0.5) is 5.69 Å². The van der Waals surface area contributed by atoms with E-state index >= 15 is 0 Å². The summed E-state index contributed by atoms with van der Waals surface area (Å²) in [6, 6.07) is 15.9. The molecule has 0 spiro atoms. The Hall–Kier alpha value is -2.86. The molecular formula is C22H26N4O2. The van der Waals surface area contributed by atoms with E-state index in [2.05, 4.69) is 21.0 Å². The van der Waals surface area contributed by atoms with E-state index in [-0.39, 0.29) is 5.56 Å². The summed E-state index contributed by atoms with van der Waals surface area (Å²) in [6.07, 6.45) is 0. The topological polar surface area (TPSA) is 50.6 Å². The van der Waals surface area contributed by atoms with Gasteiger partial charge in [-0.2, -0.15) is 5.10 Å². The first-order valence-corrected chi connectivity index (χ1v) is 9.83. The normalized spacial score (nSPS) is 15.1. The third-order valence-electron chi connectivity index (χ3n) is 5.26. The number of hydrogen-bond donors (Lipinski definition) is 0. The summed E-state index contributed by atoms with van der Waals surface area (Å²) in [6.45, 7) is 8.68. The summed E-state index contributed by atoms with van der Waals surface area (Å²) in [7, 11) is 0. The summed E-state index contributed by atoms with van der Waals surface area (Å²) in [5.74, 6) is 0.932. The number of para-hydroxylation sites is 2. The lowest BCUT2D eigenvalue weighted by Crippen LogP contribution is -2.48. The molecule has 0 N–H and O–H groups in total. The predicted molar refractivity (Wildman–Crippen MR) is 112 cm³/mol. The summed E-state index contributed by atoms with van der Waals surface area (Å²) in [5, 5.41) is 6.21. The average Bonchev–Trinajstić information content (AvgIpc) is 2.73. The van der Waals surface area contributed by atoms with Gasteiger partial charge in [-0.05, 0) is 32.0 Å². The van der Waals surface area contributed by atoms with Crippen LogP contribution < -0.4 is 15.2 Å². The molecular weight excluding hydrogens is 352 g/mol. The van der Waals surface area contributed by atoms with Crippen molar-refractivity contribution in [2.75, 3.05) is 37.7 Å². The number of anilines is 1. The number of piperazine rings is 1. The lowest BCUT2D eigenvalue weighted by atomic mass is 10.1. The number of aromatic nitrogens is 2. The van der Waals surface area contributed by atoms with Gasteiger partial charge in [-0.3, -0.25) is 9.69 Å². The quantitative estimate of drug-likeness (QED) is 0.683. The third kappa shape index (κ3) is 3.60. The fraction of sp³-hybridized carbons (Fsp3) is 0.364. The van der Waals surface area contributed by atoms with Gasteiger partial charge in [0.25, 0.3) is 5.56 Å². The van der Waals surface area contributed by atoms with Crippen molar-refractivity contribution in [1.82, 2.24) is 14.7 Å². The molecule has 6 nitrogen and oxygen atoms in total. The Balaban J connectivity index is 1.48. The molecule has 2 heterocycles. The Morgan fingerprint density at radius 3 is 2.39 bits per heavy atom. The number of nitrogens with zero attached hydrogens (tertiary/aromatic N) is 4. The number of fused-ring (bicyclic) bond motifs is 1. The van der Waals surface area contributed by atoms with Crippen molar-refractivity contribution in [3.63, 3.8) is 0 Å². The van der Waals surface area contributed by atoms with E-state index in [9.17, 15) is 4.79 Å². The molecule has 0 aliphatic carbocycles. The van der Waals surface area contributed by atoms with Crippen LogP contribution in [0, 0.1) is 6.92 Å². The van der Waals surface area contributed by atoms with Crippen LogP contribution in [0.25, 0.3) is 10.8 Å². The van der Waals surface area contributed by atoms with Crippen LogP contribution in [-0.2, 0) is 6.67 Å². The second-order valence-electron chi connectivity index (χ2n) is 7.08. The second kappa shape index (κ2) is 8.02. The number of ether oxygens (including phenoxy) is 1. The van der Waals surface area contributed by atoms with Gasteiger partial charge in [0.15, 0.2) is 0 Å². The molecule has 1 saturated heterocycles. The van der Waals surface area contributed by atoms with Gasteiger partial charge >= 0.3 is 0 Å². The maximum atomic E-state index is 12.8. The van der Waals surface area contributed by atoms with Gasteiger partial charge in [0.1, 0.15) is 5.75 Å². The second-order valence-corrected chi connectivity index (χ2v) is 7.08. The Morgan fingerprint density at radius 2 is 1.64 bits per heavy atom. The maximum Gasteiger partial charge on any atom is 0.275 e. The Morgan fingerprint density at radius 1 is 0.964 bits per heavy atom. The molecule has 0 unspecified atom stereocenters. The van der Waals surface area contributed by atoms with Crippen LogP contribution in [0.15, 0.2) is 53.3 Å². The molecule has 4 rings (SSSR count). The summed E-state index contributed by atoms with van der Waals surface area (Å²) in [5.41, 5.74) is 2.01. The highest BCUT2D eigenvalue weighted by molar-refractivity contribution is 5.83. The fourth-order valence-corrected chi connectivity index (χ4v) is 3.82. The molecule has 1 aromatic heterocycles.